The van der Waals surface area contributed by atoms with Crippen LogP contribution in [0, 0.1) is 12.3 Å². The molecular weight excluding hydrogens is 294 g/mol. The first-order chi connectivity index (χ1) is 9.29. The number of esters is 1. The van der Waals surface area contributed by atoms with E-state index in [9.17, 15) is 4.79 Å². The number of halogens is 1. The summed E-state index contributed by atoms with van der Waals surface area (Å²) < 4.78 is 15.6. The Labute approximate surface area is 132 Å². The maximum Gasteiger partial charge on any atom is 0.313 e. The summed E-state index contributed by atoms with van der Waals surface area (Å²) in [4.78, 5) is 11.9. The van der Waals surface area contributed by atoms with Crippen LogP contribution in [-0.2, 0) is 9.53 Å². The monoisotopic (exact) mass is 317 g/mol. The van der Waals surface area contributed by atoms with Gasteiger partial charge in [0.25, 0.3) is 0 Å². The van der Waals surface area contributed by atoms with Crippen LogP contribution in [0.15, 0.2) is 12.1 Å². The van der Waals surface area contributed by atoms with Crippen LogP contribution in [0.5, 0.6) is 11.5 Å². The van der Waals surface area contributed by atoms with E-state index in [4.69, 9.17) is 19.9 Å². The van der Waals surface area contributed by atoms with E-state index in [0.717, 1.165) is 5.56 Å². The van der Waals surface area contributed by atoms with E-state index in [1.165, 1.54) is 7.11 Å². The number of carbonyl (C=O) groups is 1. The van der Waals surface area contributed by atoms with Gasteiger partial charge in [0.15, 0.2) is 0 Å². The molecule has 0 spiro atoms. The molecule has 120 valence electrons. The van der Waals surface area contributed by atoms with Crippen LogP contribution in [-0.4, -0.2) is 27.3 Å². The summed E-state index contributed by atoms with van der Waals surface area (Å²) in [7, 11) is 4.48. The maximum atomic E-state index is 11.9. The predicted molar refractivity (Wildman–Crippen MR) is 84.3 cm³/mol. The van der Waals surface area contributed by atoms with Gasteiger partial charge in [-0.15, -0.1) is 12.4 Å². The summed E-state index contributed by atoms with van der Waals surface area (Å²) in [6, 6.07) is 3.12. The summed E-state index contributed by atoms with van der Waals surface area (Å²) in [5.74, 6) is 0.826. The molecule has 0 bridgehead atoms. The van der Waals surface area contributed by atoms with E-state index in [-0.39, 0.29) is 18.4 Å². The Bertz CT molecular complexity index is 477. The molecule has 0 fully saturated rings. The van der Waals surface area contributed by atoms with Crippen LogP contribution in [0.1, 0.15) is 31.0 Å². The van der Waals surface area contributed by atoms with Crippen molar-refractivity contribution in [3.63, 3.8) is 0 Å². The predicted octanol–water partition coefficient (Wildman–Crippen LogP) is 2.63. The highest BCUT2D eigenvalue weighted by molar-refractivity contribution is 5.85. The molecule has 0 saturated carbocycles. The Kier molecular flexibility index (Phi) is 7.00. The lowest BCUT2D eigenvalue weighted by atomic mass is 9.80. The summed E-state index contributed by atoms with van der Waals surface area (Å²) in [6.45, 7) is 5.41. The summed E-state index contributed by atoms with van der Waals surface area (Å²) in [5.41, 5.74) is 7.05. The molecule has 1 atom stereocenters. The molecule has 21 heavy (non-hydrogen) atoms. The van der Waals surface area contributed by atoms with Crippen LogP contribution in [0.4, 0.5) is 0 Å². The number of nitrogens with two attached hydrogens (primary N) is 1. The molecule has 1 rings (SSSR count). The van der Waals surface area contributed by atoms with Crippen LogP contribution in [0.3, 0.4) is 0 Å². The minimum atomic E-state index is -0.898. The number of aryl methyl sites for hydroxylation is 1. The van der Waals surface area contributed by atoms with Crippen molar-refractivity contribution in [1.29, 1.82) is 0 Å². The second-order valence-electron chi connectivity index (χ2n) is 5.27. The quantitative estimate of drug-likeness (QED) is 0.845. The van der Waals surface area contributed by atoms with Gasteiger partial charge in [-0.2, -0.15) is 0 Å². The van der Waals surface area contributed by atoms with Gasteiger partial charge in [-0.1, -0.05) is 0 Å². The maximum absolute atomic E-state index is 11.9. The highest BCUT2D eigenvalue weighted by Gasteiger charge is 2.39. The Morgan fingerprint density at radius 1 is 1.14 bits per heavy atom. The molecule has 0 aliphatic carbocycles. The van der Waals surface area contributed by atoms with Crippen molar-refractivity contribution in [3.05, 3.63) is 23.3 Å². The van der Waals surface area contributed by atoms with Crippen LogP contribution >= 0.6 is 12.4 Å². The lowest BCUT2D eigenvalue weighted by Crippen LogP contribution is -2.37. The highest BCUT2D eigenvalue weighted by Crippen LogP contribution is 2.42. The van der Waals surface area contributed by atoms with Gasteiger partial charge in [-0.25, -0.2) is 0 Å². The van der Waals surface area contributed by atoms with Gasteiger partial charge in [0.1, 0.15) is 11.5 Å². The Morgan fingerprint density at radius 3 is 1.90 bits per heavy atom. The Hall–Kier alpha value is -1.46. The molecule has 0 aliphatic rings. The number of benzene rings is 1. The van der Waals surface area contributed by atoms with Gasteiger partial charge in [0, 0.05) is 0 Å². The van der Waals surface area contributed by atoms with Crippen molar-refractivity contribution in [2.45, 2.75) is 26.8 Å². The minimum Gasteiger partial charge on any atom is -0.496 e. The molecule has 0 saturated heterocycles. The molecule has 1 aromatic carbocycles. The number of hydrogen-bond donors (Lipinski definition) is 1. The van der Waals surface area contributed by atoms with Gasteiger partial charge in [0.2, 0.25) is 0 Å². The average Bonchev–Trinajstić information content (AvgIpc) is 2.44. The highest BCUT2D eigenvalue weighted by atomic mass is 35.5. The summed E-state index contributed by atoms with van der Waals surface area (Å²) in [5, 5.41) is 0. The third-order valence-corrected chi connectivity index (χ3v) is 3.49. The minimum absolute atomic E-state index is 0. The van der Waals surface area contributed by atoms with E-state index in [1.54, 1.807) is 28.1 Å². The largest absolute Gasteiger partial charge is 0.496 e. The number of methoxy groups -OCH3 is 3. The Balaban J connectivity index is 0.00000400. The third kappa shape index (κ3) is 3.80. The van der Waals surface area contributed by atoms with Crippen molar-refractivity contribution in [1.82, 2.24) is 0 Å². The molecule has 2 N–H and O–H groups in total. The molecular formula is C15H24ClNO4. The Morgan fingerprint density at radius 2 is 1.57 bits per heavy atom. The standard InChI is InChI=1S/C15H23NO4.ClH/c1-9-7-10(18-4)12(11(8-9)19-5)13(16)15(2,3)14(17)20-6;/h7-8,13H,16H2,1-6H3;1H/t13-;/m1./s1. The molecule has 0 radical (unpaired) electrons. The second kappa shape index (κ2) is 7.52. The van der Waals surface area contributed by atoms with E-state index in [2.05, 4.69) is 0 Å². The smallest absolute Gasteiger partial charge is 0.313 e. The molecule has 1 aromatic rings. The van der Waals surface area contributed by atoms with Crippen molar-refractivity contribution in [2.24, 2.45) is 11.1 Å². The zero-order chi connectivity index (χ0) is 15.5. The van der Waals surface area contributed by atoms with Crippen LogP contribution < -0.4 is 15.2 Å². The first-order valence-corrected chi connectivity index (χ1v) is 6.36. The number of carbonyl (C=O) groups excluding carboxylic acids is 1. The topological polar surface area (TPSA) is 70.8 Å². The molecule has 0 aromatic heterocycles. The van der Waals surface area contributed by atoms with Gasteiger partial charge in [0.05, 0.1) is 38.3 Å². The third-order valence-electron chi connectivity index (χ3n) is 3.49. The SMILES string of the molecule is COC(=O)C(C)(C)[C@H](N)c1c(OC)cc(C)cc1OC.Cl. The van der Waals surface area contributed by atoms with Crippen molar-refractivity contribution in [3.8, 4) is 11.5 Å². The van der Waals surface area contributed by atoms with E-state index < -0.39 is 11.5 Å². The summed E-state index contributed by atoms with van der Waals surface area (Å²) >= 11 is 0. The van der Waals surface area contributed by atoms with Gasteiger partial charge < -0.3 is 19.9 Å². The first kappa shape index (κ1) is 19.5. The van der Waals surface area contributed by atoms with E-state index in [0.29, 0.717) is 17.1 Å². The van der Waals surface area contributed by atoms with Crippen molar-refractivity contribution in [2.75, 3.05) is 21.3 Å². The molecule has 6 heteroatoms. The lowest BCUT2D eigenvalue weighted by molar-refractivity contribution is -0.152. The molecule has 0 heterocycles. The fourth-order valence-electron chi connectivity index (χ4n) is 2.13. The van der Waals surface area contributed by atoms with Crippen molar-refractivity contribution < 1.29 is 19.0 Å². The van der Waals surface area contributed by atoms with Gasteiger partial charge in [-0.05, 0) is 38.5 Å². The van der Waals surface area contributed by atoms with Gasteiger partial charge >= 0.3 is 5.97 Å². The fourth-order valence-corrected chi connectivity index (χ4v) is 2.13. The fraction of sp³-hybridized carbons (Fsp3) is 0.533. The zero-order valence-corrected chi connectivity index (χ0v) is 14.2. The average molecular weight is 318 g/mol. The van der Waals surface area contributed by atoms with Crippen molar-refractivity contribution >= 4 is 18.4 Å². The summed E-state index contributed by atoms with van der Waals surface area (Å²) in [6.07, 6.45) is 0. The number of ether oxygens (including phenoxy) is 3. The number of rotatable bonds is 5. The number of hydrogen-bond acceptors (Lipinski definition) is 5. The second-order valence-corrected chi connectivity index (χ2v) is 5.27. The van der Waals surface area contributed by atoms with E-state index in [1.807, 2.05) is 19.1 Å². The molecule has 0 aliphatic heterocycles. The first-order valence-electron chi connectivity index (χ1n) is 6.36. The van der Waals surface area contributed by atoms with Gasteiger partial charge in [-0.3, -0.25) is 4.79 Å². The lowest BCUT2D eigenvalue weighted by Gasteiger charge is -2.31. The molecule has 0 amide bonds. The van der Waals surface area contributed by atoms with Crippen LogP contribution in [0.25, 0.3) is 0 Å². The molecule has 5 nitrogen and oxygen atoms in total. The van der Waals surface area contributed by atoms with Crippen LogP contribution in [0.2, 0.25) is 0 Å². The zero-order valence-electron chi connectivity index (χ0n) is 13.4. The van der Waals surface area contributed by atoms with E-state index >= 15 is 0 Å². The normalized spacial score (nSPS) is 12.1. The molecule has 0 unspecified atom stereocenters.